The lowest BCUT2D eigenvalue weighted by atomic mass is 9.90. The van der Waals surface area contributed by atoms with Crippen molar-refractivity contribution >= 4 is 12.0 Å². The van der Waals surface area contributed by atoms with Crippen molar-refractivity contribution in [2.45, 2.75) is 26.4 Å². The van der Waals surface area contributed by atoms with E-state index in [9.17, 15) is 18.0 Å². The second-order valence-electron chi connectivity index (χ2n) is 5.81. The molecule has 0 fully saturated rings. The molecule has 1 aromatic carbocycles. The number of rotatable bonds is 6. The summed E-state index contributed by atoms with van der Waals surface area (Å²) in [5.41, 5.74) is -0.687. The molecule has 0 aromatic heterocycles. The molecule has 0 saturated carbocycles. The minimum absolute atomic E-state index is 0.0307. The van der Waals surface area contributed by atoms with E-state index in [0.717, 1.165) is 12.1 Å². The lowest BCUT2D eigenvalue weighted by Gasteiger charge is -2.23. The Hall–Kier alpha value is -1.82. The van der Waals surface area contributed by atoms with Gasteiger partial charge in [0.1, 0.15) is 0 Å². The van der Waals surface area contributed by atoms with E-state index in [0.29, 0.717) is 18.5 Å². The van der Waals surface area contributed by atoms with E-state index in [2.05, 4.69) is 5.32 Å². The molecule has 0 unspecified atom stereocenters. The largest absolute Gasteiger partial charge is 0.416 e. The van der Waals surface area contributed by atoms with Gasteiger partial charge in [-0.2, -0.15) is 13.2 Å². The molecule has 0 aliphatic heterocycles. The van der Waals surface area contributed by atoms with Gasteiger partial charge in [0.15, 0.2) is 0 Å². The highest BCUT2D eigenvalue weighted by molar-refractivity contribution is 5.91. The Morgan fingerprint density at radius 3 is 2.59 bits per heavy atom. The number of halogens is 3. The van der Waals surface area contributed by atoms with Crippen LogP contribution in [0.4, 0.5) is 13.2 Å². The highest BCUT2D eigenvalue weighted by atomic mass is 19.4. The number of hydrogen-bond donors (Lipinski definition) is 2. The summed E-state index contributed by atoms with van der Waals surface area (Å²) in [5.74, 6) is -0.386. The molecule has 22 heavy (non-hydrogen) atoms. The minimum Gasteiger partial charge on any atom is -0.396 e. The Morgan fingerprint density at radius 2 is 2.00 bits per heavy atom. The second kappa shape index (κ2) is 7.45. The summed E-state index contributed by atoms with van der Waals surface area (Å²) in [7, 11) is 0. The van der Waals surface area contributed by atoms with E-state index in [4.69, 9.17) is 5.11 Å². The van der Waals surface area contributed by atoms with Gasteiger partial charge in [0.25, 0.3) is 0 Å². The summed E-state index contributed by atoms with van der Waals surface area (Å²) >= 11 is 0. The van der Waals surface area contributed by atoms with E-state index in [1.807, 2.05) is 13.8 Å². The van der Waals surface area contributed by atoms with Crippen molar-refractivity contribution in [2.75, 3.05) is 13.2 Å². The molecule has 0 atom stereocenters. The molecule has 1 aromatic rings. The van der Waals surface area contributed by atoms with Crippen LogP contribution in [0.5, 0.6) is 0 Å². The normalized spacial score (nSPS) is 12.6. The fraction of sp³-hybridized carbons (Fsp3) is 0.438. The van der Waals surface area contributed by atoms with Crippen molar-refractivity contribution in [3.05, 3.63) is 41.5 Å². The van der Waals surface area contributed by atoms with Crippen LogP contribution in [0.1, 0.15) is 31.4 Å². The molecule has 0 saturated heterocycles. The third kappa shape index (κ3) is 6.30. The molecule has 122 valence electrons. The zero-order valence-electron chi connectivity index (χ0n) is 12.6. The third-order valence-electron chi connectivity index (χ3n) is 3.17. The average molecular weight is 315 g/mol. The van der Waals surface area contributed by atoms with Crippen LogP contribution in [0.25, 0.3) is 6.08 Å². The Kier molecular flexibility index (Phi) is 6.17. The van der Waals surface area contributed by atoms with Crippen LogP contribution in [-0.2, 0) is 11.0 Å². The van der Waals surface area contributed by atoms with Gasteiger partial charge in [0, 0.05) is 19.2 Å². The fourth-order valence-electron chi connectivity index (χ4n) is 1.77. The van der Waals surface area contributed by atoms with E-state index in [1.165, 1.54) is 24.3 Å². The van der Waals surface area contributed by atoms with Crippen molar-refractivity contribution in [3.63, 3.8) is 0 Å². The lowest BCUT2D eigenvalue weighted by Crippen LogP contribution is -2.33. The SMILES string of the molecule is CC(C)(CCO)CNC(=O)/C=C/c1cccc(C(F)(F)F)c1. The molecule has 0 spiro atoms. The van der Waals surface area contributed by atoms with Gasteiger partial charge in [-0.1, -0.05) is 26.0 Å². The summed E-state index contributed by atoms with van der Waals surface area (Å²) in [6, 6.07) is 4.76. The van der Waals surface area contributed by atoms with Crippen LogP contribution in [0.2, 0.25) is 0 Å². The van der Waals surface area contributed by atoms with E-state index >= 15 is 0 Å². The summed E-state index contributed by atoms with van der Waals surface area (Å²) < 4.78 is 37.7. The van der Waals surface area contributed by atoms with Gasteiger partial charge in [-0.05, 0) is 35.6 Å². The first kappa shape index (κ1) is 18.2. The zero-order valence-corrected chi connectivity index (χ0v) is 12.6. The van der Waals surface area contributed by atoms with E-state index in [1.54, 1.807) is 0 Å². The van der Waals surface area contributed by atoms with Crippen molar-refractivity contribution in [1.29, 1.82) is 0 Å². The van der Waals surface area contributed by atoms with Gasteiger partial charge in [-0.15, -0.1) is 0 Å². The van der Waals surface area contributed by atoms with Crippen LogP contribution < -0.4 is 5.32 Å². The number of nitrogens with one attached hydrogen (secondary N) is 1. The summed E-state index contributed by atoms with van der Waals surface area (Å²) in [5, 5.41) is 11.6. The maximum absolute atomic E-state index is 12.6. The first-order valence-electron chi connectivity index (χ1n) is 6.88. The standard InChI is InChI=1S/C16H20F3NO2/c1-15(2,8-9-21)11-20-14(22)7-6-12-4-3-5-13(10-12)16(17,18)19/h3-7,10,21H,8-9,11H2,1-2H3,(H,20,22)/b7-6+. The lowest BCUT2D eigenvalue weighted by molar-refractivity contribution is -0.137. The average Bonchev–Trinajstić information content (AvgIpc) is 2.42. The minimum atomic E-state index is -4.40. The second-order valence-corrected chi connectivity index (χ2v) is 5.81. The molecule has 0 aliphatic rings. The van der Waals surface area contributed by atoms with Crippen molar-refractivity contribution in [1.82, 2.24) is 5.32 Å². The van der Waals surface area contributed by atoms with Gasteiger partial charge in [0.2, 0.25) is 5.91 Å². The first-order valence-corrected chi connectivity index (χ1v) is 6.88. The first-order chi connectivity index (χ1) is 10.1. The van der Waals surface area contributed by atoms with Crippen LogP contribution in [0, 0.1) is 5.41 Å². The smallest absolute Gasteiger partial charge is 0.396 e. The Morgan fingerprint density at radius 1 is 1.32 bits per heavy atom. The number of hydrogen-bond acceptors (Lipinski definition) is 2. The maximum atomic E-state index is 12.6. The highest BCUT2D eigenvalue weighted by Gasteiger charge is 2.30. The van der Waals surface area contributed by atoms with Crippen LogP contribution in [-0.4, -0.2) is 24.2 Å². The predicted octanol–water partition coefficient (Wildman–Crippen LogP) is 3.24. The van der Waals surface area contributed by atoms with Gasteiger partial charge in [0.05, 0.1) is 5.56 Å². The predicted molar refractivity (Wildman–Crippen MR) is 79.0 cm³/mol. The van der Waals surface area contributed by atoms with Crippen molar-refractivity contribution < 1.29 is 23.1 Å². The quantitative estimate of drug-likeness (QED) is 0.792. The maximum Gasteiger partial charge on any atom is 0.416 e. The Balaban J connectivity index is 2.63. The third-order valence-corrected chi connectivity index (χ3v) is 3.17. The summed E-state index contributed by atoms with van der Waals surface area (Å²) in [6.45, 7) is 4.21. The van der Waals surface area contributed by atoms with Gasteiger partial charge in [-0.25, -0.2) is 0 Å². The molecule has 2 N–H and O–H groups in total. The fourth-order valence-corrected chi connectivity index (χ4v) is 1.77. The number of alkyl halides is 3. The van der Waals surface area contributed by atoms with Gasteiger partial charge in [-0.3, -0.25) is 4.79 Å². The summed E-state index contributed by atoms with van der Waals surface area (Å²) in [6.07, 6.45) is -1.32. The van der Waals surface area contributed by atoms with Crippen molar-refractivity contribution in [2.24, 2.45) is 5.41 Å². The molecular formula is C16H20F3NO2. The van der Waals surface area contributed by atoms with Crippen molar-refractivity contribution in [3.8, 4) is 0 Å². The van der Waals surface area contributed by atoms with Crippen LogP contribution in [0.15, 0.2) is 30.3 Å². The number of carbonyl (C=O) groups excluding carboxylic acids is 1. The number of amides is 1. The van der Waals surface area contributed by atoms with Crippen LogP contribution in [0.3, 0.4) is 0 Å². The number of aliphatic hydroxyl groups excluding tert-OH is 1. The molecule has 0 bridgehead atoms. The van der Waals surface area contributed by atoms with Gasteiger partial charge < -0.3 is 10.4 Å². The molecule has 1 amide bonds. The molecule has 0 heterocycles. The highest BCUT2D eigenvalue weighted by Crippen LogP contribution is 2.29. The number of carbonyl (C=O) groups is 1. The Labute approximate surface area is 127 Å². The molecule has 6 heteroatoms. The zero-order chi connectivity index (χ0) is 16.8. The van der Waals surface area contributed by atoms with E-state index in [-0.39, 0.29) is 17.9 Å². The number of aliphatic hydroxyl groups is 1. The van der Waals surface area contributed by atoms with Crippen LogP contribution >= 0.6 is 0 Å². The summed E-state index contributed by atoms with van der Waals surface area (Å²) in [4.78, 5) is 11.7. The molecule has 1 rings (SSSR count). The van der Waals surface area contributed by atoms with E-state index < -0.39 is 11.7 Å². The topological polar surface area (TPSA) is 49.3 Å². The monoisotopic (exact) mass is 315 g/mol. The molecule has 3 nitrogen and oxygen atoms in total. The molecule has 0 aliphatic carbocycles. The van der Waals surface area contributed by atoms with Gasteiger partial charge >= 0.3 is 6.18 Å². The number of benzene rings is 1. The Bertz CT molecular complexity index is 536. The molecule has 0 radical (unpaired) electrons. The molecular weight excluding hydrogens is 295 g/mol.